The van der Waals surface area contributed by atoms with Crippen LogP contribution in [0.3, 0.4) is 0 Å². The lowest BCUT2D eigenvalue weighted by Gasteiger charge is -2.33. The molecule has 1 spiro atoms. The third kappa shape index (κ3) is 6.37. The fourth-order valence-electron chi connectivity index (χ4n) is 12.4. The minimum atomic E-state index is -0.864. The van der Waals surface area contributed by atoms with Crippen LogP contribution in [0, 0.1) is 22.7 Å². The van der Waals surface area contributed by atoms with E-state index in [4.69, 9.17) is 8.83 Å². The monoisotopic (exact) mass is 964 g/mol. The maximum atomic E-state index is 10.0. The molecule has 0 amide bonds. The van der Waals surface area contributed by atoms with Crippen molar-refractivity contribution in [2.45, 2.75) is 44.9 Å². The van der Waals surface area contributed by atoms with Gasteiger partial charge in [-0.1, -0.05) is 137 Å². The van der Waals surface area contributed by atoms with Crippen LogP contribution in [-0.2, 0) is 5.41 Å². The molecule has 0 atom stereocenters. The first-order valence-corrected chi connectivity index (χ1v) is 25.7. The van der Waals surface area contributed by atoms with E-state index >= 15 is 0 Å². The third-order valence-electron chi connectivity index (χ3n) is 15.9. The van der Waals surface area contributed by atoms with Crippen LogP contribution in [0.15, 0.2) is 215 Å². The highest BCUT2D eigenvalue weighted by atomic mass is 16.3. The lowest BCUT2D eigenvalue weighted by Crippen LogP contribution is -2.26. The van der Waals surface area contributed by atoms with Crippen molar-refractivity contribution >= 4 is 78.0 Å². The van der Waals surface area contributed by atoms with E-state index in [1.807, 2.05) is 48.5 Å². The maximum absolute atomic E-state index is 10.0. The molecule has 75 heavy (non-hydrogen) atoms. The number of benzene rings is 10. The van der Waals surface area contributed by atoms with Gasteiger partial charge in [-0.2, -0.15) is 10.5 Å². The first-order valence-electron chi connectivity index (χ1n) is 25.7. The van der Waals surface area contributed by atoms with E-state index in [-0.39, 0.29) is 0 Å². The molecule has 2 aliphatic carbocycles. The van der Waals surface area contributed by atoms with Gasteiger partial charge in [-0.3, -0.25) is 0 Å². The van der Waals surface area contributed by atoms with E-state index in [1.54, 1.807) is 0 Å². The summed E-state index contributed by atoms with van der Waals surface area (Å²) in [6.07, 6.45) is 0. The van der Waals surface area contributed by atoms with Gasteiger partial charge in [0.25, 0.3) is 0 Å². The normalized spacial score (nSPS) is 12.9. The Morgan fingerprint density at radius 2 is 0.800 bits per heavy atom. The van der Waals surface area contributed by atoms with E-state index in [9.17, 15) is 10.5 Å². The SMILES string of the molecule is CC(C)c1ccc(N(c2ccc(C#N)cc2)c2cc3c(c4c2oc2ccccc24)-c2c(cc(N(c4ccc(C#N)cc4)c4ccc(C(C)C)cc4)c4c2oc2ccccc24)C32c3ccccc3-c3ccccc32)cc1. The highest BCUT2D eigenvalue weighted by Crippen LogP contribution is 2.68. The molecule has 0 radical (unpaired) electrons. The summed E-state index contributed by atoms with van der Waals surface area (Å²) >= 11 is 0. The molecule has 2 aromatic heterocycles. The van der Waals surface area contributed by atoms with E-state index in [2.05, 4.69) is 207 Å². The van der Waals surface area contributed by atoms with Crippen LogP contribution in [0.25, 0.3) is 66.1 Å². The van der Waals surface area contributed by atoms with Gasteiger partial charge in [0, 0.05) is 50.0 Å². The number of furan rings is 2. The molecule has 0 saturated heterocycles. The molecule has 2 aliphatic rings. The van der Waals surface area contributed by atoms with Crippen molar-refractivity contribution in [2.75, 3.05) is 9.80 Å². The highest BCUT2D eigenvalue weighted by molar-refractivity contribution is 6.26. The molecule has 0 saturated carbocycles. The second-order valence-electron chi connectivity index (χ2n) is 20.6. The summed E-state index contributed by atoms with van der Waals surface area (Å²) < 4.78 is 14.7. The lowest BCUT2D eigenvalue weighted by molar-refractivity contribution is 0.668. The number of fused-ring (bicyclic) bond motifs is 18. The lowest BCUT2D eigenvalue weighted by atomic mass is 9.70. The zero-order chi connectivity index (χ0) is 50.7. The fourth-order valence-corrected chi connectivity index (χ4v) is 12.4. The van der Waals surface area contributed by atoms with Gasteiger partial charge in [0.15, 0.2) is 5.58 Å². The van der Waals surface area contributed by atoms with Crippen LogP contribution in [-0.4, -0.2) is 0 Å². The first kappa shape index (κ1) is 44.1. The summed E-state index contributed by atoms with van der Waals surface area (Å²) in [6, 6.07) is 77.7. The van der Waals surface area contributed by atoms with Crippen molar-refractivity contribution in [3.05, 3.63) is 251 Å². The third-order valence-corrected chi connectivity index (χ3v) is 15.9. The van der Waals surface area contributed by atoms with Crippen LogP contribution in [0.4, 0.5) is 34.1 Å². The Labute approximate surface area is 435 Å². The summed E-state index contributed by atoms with van der Waals surface area (Å²) in [5.41, 5.74) is 20.5. The van der Waals surface area contributed by atoms with E-state index in [0.717, 1.165) is 100 Å². The number of hydrogen-bond acceptors (Lipinski definition) is 6. The standard InChI is InChI=1S/C69H48N4O2/c1-41(2)45-25-33-49(34-26-45)72(47-29-21-43(39-70)22-30-47)59-37-58-66(68-63(59)53-15-7-11-19-61(53)75-68)65-57(69(58)55-17-9-5-13-51(55)52-14-6-10-18-56(52)69)38-60(67-64(65)54-16-8-12-20-62(54)74-67)73(48-31-23-44(40-71)24-32-48)50-35-27-46(28-36-50)42(3)4/h5-38,41-42H,1-4H3. The van der Waals surface area contributed by atoms with E-state index in [1.165, 1.54) is 33.4 Å². The molecule has 2 heterocycles. The number of nitriles is 2. The first-order chi connectivity index (χ1) is 36.8. The van der Waals surface area contributed by atoms with E-state index in [0.29, 0.717) is 23.0 Å². The molecule has 0 unspecified atom stereocenters. The fraction of sp³-hybridized carbons (Fsp3) is 0.101. The Kier molecular flexibility index (Phi) is 9.83. The molecule has 0 N–H and O–H groups in total. The second-order valence-corrected chi connectivity index (χ2v) is 20.6. The zero-order valence-electron chi connectivity index (χ0n) is 41.9. The van der Waals surface area contributed by atoms with Crippen LogP contribution >= 0.6 is 0 Å². The average molecular weight is 965 g/mol. The summed E-state index contributed by atoms with van der Waals surface area (Å²) in [5, 5.41) is 24.1. The number of anilines is 6. The van der Waals surface area contributed by atoms with Crippen molar-refractivity contribution in [3.8, 4) is 34.4 Å². The van der Waals surface area contributed by atoms with Gasteiger partial charge in [0.05, 0.1) is 45.4 Å². The Balaban J connectivity index is 1.18. The predicted octanol–water partition coefficient (Wildman–Crippen LogP) is 18.8. The topological polar surface area (TPSA) is 80.3 Å². The number of rotatable bonds is 8. The minimum Gasteiger partial charge on any atom is -0.455 e. The molecular formula is C69H48N4O2. The van der Waals surface area contributed by atoms with Crippen molar-refractivity contribution in [3.63, 3.8) is 0 Å². The molecule has 10 aromatic carbocycles. The molecule has 12 aromatic rings. The Hall–Kier alpha value is -9.62. The molecule has 6 heteroatoms. The summed E-state index contributed by atoms with van der Waals surface area (Å²) in [4.78, 5) is 4.65. The Bertz CT molecular complexity index is 4330. The van der Waals surface area contributed by atoms with Crippen molar-refractivity contribution in [2.24, 2.45) is 0 Å². The second kappa shape index (κ2) is 16.7. The highest BCUT2D eigenvalue weighted by Gasteiger charge is 2.54. The van der Waals surface area contributed by atoms with Gasteiger partial charge >= 0.3 is 0 Å². The van der Waals surface area contributed by atoms with Gasteiger partial charge in [0.1, 0.15) is 16.7 Å². The Morgan fingerprint density at radius 3 is 1.29 bits per heavy atom. The Morgan fingerprint density at radius 1 is 0.400 bits per heavy atom. The molecule has 0 fully saturated rings. The largest absolute Gasteiger partial charge is 0.455 e. The van der Waals surface area contributed by atoms with Crippen molar-refractivity contribution in [1.29, 1.82) is 10.5 Å². The van der Waals surface area contributed by atoms with Crippen LogP contribution < -0.4 is 9.80 Å². The predicted molar refractivity (Wildman–Crippen MR) is 304 cm³/mol. The van der Waals surface area contributed by atoms with Crippen molar-refractivity contribution in [1.82, 2.24) is 0 Å². The average Bonchev–Trinajstić information content (AvgIpc) is 4.38. The van der Waals surface area contributed by atoms with Gasteiger partial charge in [-0.05, 0) is 153 Å². The van der Waals surface area contributed by atoms with Gasteiger partial charge in [-0.15, -0.1) is 0 Å². The molecule has 14 rings (SSSR count). The number of para-hydroxylation sites is 2. The van der Waals surface area contributed by atoms with Crippen LogP contribution in [0.2, 0.25) is 0 Å². The summed E-state index contributed by atoms with van der Waals surface area (Å²) in [7, 11) is 0. The summed E-state index contributed by atoms with van der Waals surface area (Å²) in [6.45, 7) is 8.88. The molecule has 356 valence electrons. The smallest absolute Gasteiger partial charge is 0.160 e. The van der Waals surface area contributed by atoms with Crippen molar-refractivity contribution < 1.29 is 8.83 Å². The van der Waals surface area contributed by atoms with Crippen LogP contribution in [0.1, 0.15) is 84.0 Å². The number of hydrogen-bond donors (Lipinski definition) is 0. The van der Waals surface area contributed by atoms with Crippen LogP contribution in [0.5, 0.6) is 0 Å². The van der Waals surface area contributed by atoms with Gasteiger partial charge in [0.2, 0.25) is 0 Å². The van der Waals surface area contributed by atoms with E-state index < -0.39 is 5.41 Å². The number of nitrogens with zero attached hydrogens (tertiary/aromatic N) is 4. The van der Waals surface area contributed by atoms with Gasteiger partial charge < -0.3 is 18.6 Å². The minimum absolute atomic E-state index is 0.345. The molecule has 6 nitrogen and oxygen atoms in total. The zero-order valence-corrected chi connectivity index (χ0v) is 41.9. The van der Waals surface area contributed by atoms with Gasteiger partial charge in [-0.25, -0.2) is 0 Å². The summed E-state index contributed by atoms with van der Waals surface area (Å²) in [5.74, 6) is 0.693. The quantitative estimate of drug-likeness (QED) is 0.151. The maximum Gasteiger partial charge on any atom is 0.160 e. The molecule has 0 aliphatic heterocycles. The molecule has 0 bridgehead atoms. The molecular weight excluding hydrogens is 917 g/mol.